The fraction of sp³-hybridized carbons (Fsp3) is 0.812. The van der Waals surface area contributed by atoms with Crippen molar-refractivity contribution in [2.45, 2.75) is 124 Å². The Morgan fingerprint density at radius 3 is 2.08 bits per heavy atom. The molecular formula is C32H57N3O. The molecule has 1 N–H and O–H groups in total. The van der Waals surface area contributed by atoms with Gasteiger partial charge in [0.1, 0.15) is 0 Å². The second-order valence-corrected chi connectivity index (χ2v) is 14.5. The summed E-state index contributed by atoms with van der Waals surface area (Å²) in [5.41, 5.74) is 3.60. The van der Waals surface area contributed by atoms with E-state index < -0.39 is 0 Å². The zero-order valence-corrected chi connectivity index (χ0v) is 25.1. The molecular weight excluding hydrogens is 442 g/mol. The predicted octanol–water partition coefficient (Wildman–Crippen LogP) is 6.92. The minimum absolute atomic E-state index is 0.166. The number of hydrogen-bond acceptors (Lipinski definition) is 4. The lowest BCUT2D eigenvalue weighted by molar-refractivity contribution is -0.0888. The van der Waals surface area contributed by atoms with E-state index in [9.17, 15) is 0 Å². The van der Waals surface area contributed by atoms with E-state index in [-0.39, 0.29) is 5.54 Å². The monoisotopic (exact) mass is 499 g/mol. The number of rotatable bonds is 12. The van der Waals surface area contributed by atoms with Gasteiger partial charge >= 0.3 is 0 Å². The van der Waals surface area contributed by atoms with Crippen LogP contribution >= 0.6 is 0 Å². The summed E-state index contributed by atoms with van der Waals surface area (Å²) in [6, 6.07) is 9.78. The molecule has 1 aliphatic heterocycles. The van der Waals surface area contributed by atoms with E-state index in [1.54, 1.807) is 0 Å². The molecule has 1 saturated heterocycles. The van der Waals surface area contributed by atoms with E-state index in [1.807, 2.05) is 0 Å². The Labute approximate surface area is 223 Å². The van der Waals surface area contributed by atoms with E-state index in [0.717, 1.165) is 13.0 Å². The van der Waals surface area contributed by atoms with E-state index in [0.29, 0.717) is 29.1 Å². The fourth-order valence-electron chi connectivity index (χ4n) is 5.91. The molecule has 1 saturated carbocycles. The van der Waals surface area contributed by atoms with E-state index in [1.165, 1.54) is 69.4 Å². The molecule has 206 valence electrons. The molecule has 2 fully saturated rings. The average molecular weight is 500 g/mol. The summed E-state index contributed by atoms with van der Waals surface area (Å²) in [5, 5.41) is 3.96. The Balaban J connectivity index is 1.34. The number of benzene rings is 1. The number of nitrogens with zero attached hydrogens (tertiary/aromatic N) is 2. The Hall–Kier alpha value is -1.10. The van der Waals surface area contributed by atoms with Crippen LogP contribution in [0.25, 0.3) is 0 Å². The smallest absolute Gasteiger partial charge is 0.0608 e. The van der Waals surface area contributed by atoms with Gasteiger partial charge in [0.25, 0.3) is 0 Å². The first-order valence-electron chi connectivity index (χ1n) is 14.7. The Morgan fingerprint density at radius 1 is 0.917 bits per heavy atom. The molecule has 0 unspecified atom stereocenters. The highest BCUT2D eigenvalue weighted by molar-refractivity contribution is 5.46. The van der Waals surface area contributed by atoms with Crippen LogP contribution in [0.5, 0.6) is 0 Å². The van der Waals surface area contributed by atoms with E-state index in [2.05, 4.69) is 102 Å². The lowest BCUT2D eigenvalue weighted by Crippen LogP contribution is -2.55. The molecule has 0 radical (unpaired) electrons. The van der Waals surface area contributed by atoms with Crippen LogP contribution in [0, 0.1) is 10.8 Å². The Morgan fingerprint density at radius 2 is 1.53 bits per heavy atom. The van der Waals surface area contributed by atoms with Crippen molar-refractivity contribution in [2.24, 2.45) is 10.8 Å². The first kappa shape index (κ1) is 29.5. The molecule has 2 aliphatic rings. The summed E-state index contributed by atoms with van der Waals surface area (Å²) < 4.78 is 6.49. The van der Waals surface area contributed by atoms with Crippen molar-refractivity contribution in [1.29, 1.82) is 0 Å². The highest BCUT2D eigenvalue weighted by Gasteiger charge is 2.36. The van der Waals surface area contributed by atoms with Crippen LogP contribution in [0.4, 0.5) is 5.69 Å². The molecule has 0 amide bonds. The van der Waals surface area contributed by atoms with Gasteiger partial charge in [-0.3, -0.25) is 0 Å². The summed E-state index contributed by atoms with van der Waals surface area (Å²) >= 11 is 0. The van der Waals surface area contributed by atoms with Crippen LogP contribution in [0.1, 0.15) is 99.5 Å². The van der Waals surface area contributed by atoms with Gasteiger partial charge in [-0.1, -0.05) is 46.8 Å². The van der Waals surface area contributed by atoms with Gasteiger partial charge in [0, 0.05) is 50.5 Å². The van der Waals surface area contributed by atoms with E-state index in [4.69, 9.17) is 4.74 Å². The van der Waals surface area contributed by atoms with Crippen LogP contribution in [-0.2, 0) is 11.2 Å². The molecule has 0 aromatic heterocycles. The predicted molar refractivity (Wildman–Crippen MR) is 156 cm³/mol. The lowest BCUT2D eigenvalue weighted by atomic mass is 9.77. The van der Waals surface area contributed by atoms with Gasteiger partial charge in [-0.25, -0.2) is 0 Å². The number of piperidine rings is 1. The first-order chi connectivity index (χ1) is 16.7. The fourth-order valence-corrected chi connectivity index (χ4v) is 5.91. The maximum absolute atomic E-state index is 6.49. The van der Waals surface area contributed by atoms with Gasteiger partial charge in [0.05, 0.1) is 12.2 Å². The molecule has 3 rings (SSSR count). The molecule has 36 heavy (non-hydrogen) atoms. The van der Waals surface area contributed by atoms with E-state index >= 15 is 0 Å². The quantitative estimate of drug-likeness (QED) is 0.338. The summed E-state index contributed by atoms with van der Waals surface area (Å²) in [6.07, 6.45) is 9.23. The van der Waals surface area contributed by atoms with Crippen molar-refractivity contribution >= 4 is 5.69 Å². The molecule has 1 aliphatic carbocycles. The summed E-state index contributed by atoms with van der Waals surface area (Å²) in [7, 11) is 2.15. The van der Waals surface area contributed by atoms with Crippen LogP contribution in [0.15, 0.2) is 24.3 Å². The normalized spacial score (nSPS) is 22.5. The number of nitrogens with one attached hydrogen (secondary N) is 1. The highest BCUT2D eigenvalue weighted by atomic mass is 16.5. The first-order valence-corrected chi connectivity index (χ1v) is 14.7. The van der Waals surface area contributed by atoms with Crippen molar-refractivity contribution in [3.63, 3.8) is 0 Å². The minimum atomic E-state index is 0.166. The Bertz CT molecular complexity index is 781. The second kappa shape index (κ2) is 12.2. The Kier molecular flexibility index (Phi) is 9.96. The van der Waals surface area contributed by atoms with Gasteiger partial charge in [-0.2, -0.15) is 0 Å². The van der Waals surface area contributed by atoms with Crippen molar-refractivity contribution in [3.05, 3.63) is 29.8 Å². The van der Waals surface area contributed by atoms with Crippen molar-refractivity contribution in [1.82, 2.24) is 10.2 Å². The maximum Gasteiger partial charge on any atom is 0.0608 e. The van der Waals surface area contributed by atoms with Gasteiger partial charge in [-0.15, -0.1) is 0 Å². The molecule has 1 heterocycles. The molecule has 1 aromatic carbocycles. The lowest BCUT2D eigenvalue weighted by Gasteiger charge is -2.44. The number of hydrogen-bond donors (Lipinski definition) is 1. The van der Waals surface area contributed by atoms with Crippen molar-refractivity contribution in [2.75, 3.05) is 38.1 Å². The van der Waals surface area contributed by atoms with Crippen LogP contribution in [0.3, 0.4) is 0 Å². The molecule has 0 atom stereocenters. The SMILES string of the molecule is CCN(C)c1ccc(CC(C)(C)CCC(C)(C)N[C@H]2C[C@H](OC3CCN(CC(C)(C)C)CC3)C2)cc1. The highest BCUT2D eigenvalue weighted by Crippen LogP contribution is 2.34. The van der Waals surface area contributed by atoms with Crippen LogP contribution in [0.2, 0.25) is 0 Å². The summed E-state index contributed by atoms with van der Waals surface area (Å²) in [5.74, 6) is 0. The topological polar surface area (TPSA) is 27.7 Å². The standard InChI is InChI=1S/C32H57N3O/c1-10-34(9)27-13-11-25(12-14-27)23-31(5,6)17-18-32(7,8)33-26-21-29(22-26)36-28-15-19-35(20-16-28)24-30(2,3)4/h11-14,26,28-29,33H,10,15-24H2,1-9H3/t26-,29-. The van der Waals surface area contributed by atoms with Gasteiger partial charge in [0.2, 0.25) is 0 Å². The third kappa shape index (κ3) is 9.65. The van der Waals surface area contributed by atoms with Crippen LogP contribution < -0.4 is 10.2 Å². The molecule has 4 heteroatoms. The zero-order chi connectivity index (χ0) is 26.6. The largest absolute Gasteiger partial charge is 0.375 e. The van der Waals surface area contributed by atoms with Crippen LogP contribution in [-0.4, -0.2) is 61.9 Å². The number of likely N-dealkylation sites (tertiary alicyclic amines) is 1. The maximum atomic E-state index is 6.49. The second-order valence-electron chi connectivity index (χ2n) is 14.5. The zero-order valence-electron chi connectivity index (χ0n) is 25.1. The molecule has 1 aromatic rings. The van der Waals surface area contributed by atoms with Crippen molar-refractivity contribution < 1.29 is 4.74 Å². The average Bonchev–Trinajstić information content (AvgIpc) is 2.76. The summed E-state index contributed by atoms with van der Waals surface area (Å²) in [6.45, 7) is 23.5. The van der Waals surface area contributed by atoms with Crippen molar-refractivity contribution in [3.8, 4) is 0 Å². The van der Waals surface area contributed by atoms with Gasteiger partial charge in [-0.05, 0) is 94.2 Å². The molecule has 0 spiro atoms. The van der Waals surface area contributed by atoms with Gasteiger partial charge < -0.3 is 19.9 Å². The van der Waals surface area contributed by atoms with Gasteiger partial charge in [0.15, 0.2) is 0 Å². The minimum Gasteiger partial charge on any atom is -0.375 e. The summed E-state index contributed by atoms with van der Waals surface area (Å²) in [4.78, 5) is 4.91. The number of anilines is 1. The number of ether oxygens (including phenoxy) is 1. The molecule has 0 bridgehead atoms. The third-order valence-corrected chi connectivity index (χ3v) is 8.27. The third-order valence-electron chi connectivity index (χ3n) is 8.27. The molecule has 4 nitrogen and oxygen atoms in total.